The Bertz CT molecular complexity index is 314. The zero-order chi connectivity index (χ0) is 13.0. The molecule has 0 atom stereocenters. The minimum absolute atomic E-state index is 0.0316. The van der Waals surface area contributed by atoms with Crippen LogP contribution in [0.2, 0.25) is 0 Å². The molecule has 0 aromatic rings. The van der Waals surface area contributed by atoms with Gasteiger partial charge in [0.15, 0.2) is 5.79 Å². The van der Waals surface area contributed by atoms with Gasteiger partial charge < -0.3 is 19.5 Å². The third-order valence-electron chi connectivity index (χ3n) is 3.47. The molecule has 2 aliphatic rings. The van der Waals surface area contributed by atoms with Gasteiger partial charge in [-0.25, -0.2) is 0 Å². The Kier molecular flexibility index (Phi) is 4.19. The monoisotopic (exact) mass is 257 g/mol. The topological polar surface area (TPSA) is 76.1 Å². The fraction of sp³-hybridized carbons (Fsp3) is 0.833. The molecule has 0 bridgehead atoms. The van der Waals surface area contributed by atoms with Crippen LogP contribution in [0.1, 0.15) is 32.1 Å². The van der Waals surface area contributed by atoms with Crippen molar-refractivity contribution in [2.75, 3.05) is 26.3 Å². The quantitative estimate of drug-likeness (QED) is 0.798. The minimum atomic E-state index is -0.854. The van der Waals surface area contributed by atoms with Crippen molar-refractivity contribution in [1.29, 1.82) is 0 Å². The van der Waals surface area contributed by atoms with Gasteiger partial charge in [0.1, 0.15) is 0 Å². The summed E-state index contributed by atoms with van der Waals surface area (Å²) in [5.74, 6) is -1.28. The van der Waals surface area contributed by atoms with E-state index in [1.165, 1.54) is 0 Å². The molecule has 0 aromatic carbocycles. The van der Waals surface area contributed by atoms with E-state index in [0.717, 1.165) is 0 Å². The van der Waals surface area contributed by atoms with Crippen molar-refractivity contribution in [3.05, 3.63) is 0 Å². The highest BCUT2D eigenvalue weighted by atomic mass is 16.7. The number of hydrogen-bond acceptors (Lipinski definition) is 4. The van der Waals surface area contributed by atoms with Crippen LogP contribution in [0.5, 0.6) is 0 Å². The first-order valence-corrected chi connectivity index (χ1v) is 6.39. The van der Waals surface area contributed by atoms with Crippen LogP contribution < -0.4 is 0 Å². The van der Waals surface area contributed by atoms with E-state index in [2.05, 4.69) is 0 Å². The van der Waals surface area contributed by atoms with E-state index in [9.17, 15) is 9.59 Å². The molecule has 2 fully saturated rings. The van der Waals surface area contributed by atoms with Crippen molar-refractivity contribution in [1.82, 2.24) is 4.90 Å². The number of hydrogen-bond donors (Lipinski definition) is 1. The van der Waals surface area contributed by atoms with Gasteiger partial charge in [0.25, 0.3) is 0 Å². The van der Waals surface area contributed by atoms with E-state index in [-0.39, 0.29) is 12.3 Å². The predicted octanol–water partition coefficient (Wildman–Crippen LogP) is 0.607. The molecule has 2 rings (SSSR count). The third kappa shape index (κ3) is 3.20. The average molecular weight is 257 g/mol. The molecule has 0 radical (unpaired) electrons. The Hall–Kier alpha value is -1.14. The fourth-order valence-corrected chi connectivity index (χ4v) is 2.43. The number of amides is 1. The second kappa shape index (κ2) is 5.67. The van der Waals surface area contributed by atoms with Crippen molar-refractivity contribution >= 4 is 11.9 Å². The van der Waals surface area contributed by atoms with Gasteiger partial charge in [-0.15, -0.1) is 0 Å². The van der Waals surface area contributed by atoms with Crippen LogP contribution >= 0.6 is 0 Å². The second-order valence-corrected chi connectivity index (χ2v) is 4.74. The Labute approximate surface area is 106 Å². The lowest BCUT2D eigenvalue weighted by atomic mass is 10.0. The number of piperidine rings is 1. The highest BCUT2D eigenvalue weighted by molar-refractivity contribution is 5.77. The summed E-state index contributed by atoms with van der Waals surface area (Å²) in [6.45, 7) is 2.52. The van der Waals surface area contributed by atoms with Gasteiger partial charge in [-0.3, -0.25) is 9.59 Å². The smallest absolute Gasteiger partial charge is 0.303 e. The standard InChI is InChI=1S/C12H19NO5/c14-10(2-1-3-11(15)16)13-6-4-12(5-7-13)17-8-9-18-12/h1-9H2,(H,15,16). The summed E-state index contributed by atoms with van der Waals surface area (Å²) >= 11 is 0. The molecule has 0 aliphatic carbocycles. The largest absolute Gasteiger partial charge is 0.481 e. The molecule has 102 valence electrons. The lowest BCUT2D eigenvalue weighted by molar-refractivity contribution is -0.187. The van der Waals surface area contributed by atoms with Crippen LogP contribution in [0.4, 0.5) is 0 Å². The molecule has 6 heteroatoms. The molecule has 2 saturated heterocycles. The van der Waals surface area contributed by atoms with E-state index >= 15 is 0 Å². The maximum absolute atomic E-state index is 11.8. The summed E-state index contributed by atoms with van der Waals surface area (Å²) in [6, 6.07) is 0. The summed E-state index contributed by atoms with van der Waals surface area (Å²) in [4.78, 5) is 24.0. The highest BCUT2D eigenvalue weighted by Gasteiger charge is 2.40. The van der Waals surface area contributed by atoms with Crippen LogP contribution in [0.3, 0.4) is 0 Å². The van der Waals surface area contributed by atoms with E-state index in [1.807, 2.05) is 0 Å². The third-order valence-corrected chi connectivity index (χ3v) is 3.47. The molecule has 0 unspecified atom stereocenters. The maximum atomic E-state index is 11.8. The number of carbonyl (C=O) groups is 2. The normalized spacial score (nSPS) is 22.3. The Morgan fingerprint density at radius 2 is 1.72 bits per heavy atom. The molecule has 1 amide bonds. The molecule has 6 nitrogen and oxygen atoms in total. The summed E-state index contributed by atoms with van der Waals surface area (Å²) in [6.07, 6.45) is 2.18. The van der Waals surface area contributed by atoms with E-state index in [0.29, 0.717) is 52.0 Å². The number of ether oxygens (including phenoxy) is 2. The number of nitrogens with zero attached hydrogens (tertiary/aromatic N) is 1. The molecular weight excluding hydrogens is 238 g/mol. The Balaban J connectivity index is 1.72. The van der Waals surface area contributed by atoms with Crippen LogP contribution in [-0.2, 0) is 19.1 Å². The molecule has 0 saturated carbocycles. The first-order chi connectivity index (χ1) is 8.61. The van der Waals surface area contributed by atoms with E-state index in [1.54, 1.807) is 4.90 Å². The molecular formula is C12H19NO5. The van der Waals surface area contributed by atoms with Crippen molar-refractivity contribution in [2.24, 2.45) is 0 Å². The molecule has 2 aliphatic heterocycles. The zero-order valence-electron chi connectivity index (χ0n) is 10.4. The van der Waals surface area contributed by atoms with Crippen LogP contribution in [0.25, 0.3) is 0 Å². The molecule has 1 spiro atoms. The van der Waals surface area contributed by atoms with Gasteiger partial charge in [-0.05, 0) is 6.42 Å². The molecule has 18 heavy (non-hydrogen) atoms. The van der Waals surface area contributed by atoms with Crippen LogP contribution in [-0.4, -0.2) is 54.0 Å². The van der Waals surface area contributed by atoms with Crippen molar-refractivity contribution in [3.8, 4) is 0 Å². The lowest BCUT2D eigenvalue weighted by Crippen LogP contribution is -2.47. The summed E-state index contributed by atoms with van der Waals surface area (Å²) in [5.41, 5.74) is 0. The lowest BCUT2D eigenvalue weighted by Gasteiger charge is -2.37. The van der Waals surface area contributed by atoms with Crippen molar-refractivity contribution in [3.63, 3.8) is 0 Å². The van der Waals surface area contributed by atoms with Crippen molar-refractivity contribution in [2.45, 2.75) is 37.9 Å². The van der Waals surface area contributed by atoms with E-state index in [4.69, 9.17) is 14.6 Å². The van der Waals surface area contributed by atoms with Crippen LogP contribution in [0, 0.1) is 0 Å². The number of carboxylic acid groups (broad SMARTS) is 1. The summed E-state index contributed by atoms with van der Waals surface area (Å²) in [5, 5.41) is 8.52. The highest BCUT2D eigenvalue weighted by Crippen LogP contribution is 2.31. The van der Waals surface area contributed by atoms with E-state index < -0.39 is 11.8 Å². The zero-order valence-corrected chi connectivity index (χ0v) is 10.4. The summed E-state index contributed by atoms with van der Waals surface area (Å²) < 4.78 is 11.2. The number of likely N-dealkylation sites (tertiary alicyclic amines) is 1. The predicted molar refractivity (Wildman–Crippen MR) is 61.9 cm³/mol. The number of aliphatic carboxylic acids is 1. The number of carboxylic acids is 1. The first-order valence-electron chi connectivity index (χ1n) is 6.39. The van der Waals surface area contributed by atoms with Gasteiger partial charge in [-0.1, -0.05) is 0 Å². The molecule has 0 aromatic heterocycles. The van der Waals surface area contributed by atoms with Gasteiger partial charge in [0.05, 0.1) is 13.2 Å². The molecule has 1 N–H and O–H groups in total. The fourth-order valence-electron chi connectivity index (χ4n) is 2.43. The minimum Gasteiger partial charge on any atom is -0.481 e. The van der Waals surface area contributed by atoms with Gasteiger partial charge in [-0.2, -0.15) is 0 Å². The maximum Gasteiger partial charge on any atom is 0.303 e. The number of rotatable bonds is 4. The summed E-state index contributed by atoms with van der Waals surface area (Å²) in [7, 11) is 0. The van der Waals surface area contributed by atoms with Gasteiger partial charge in [0.2, 0.25) is 5.91 Å². The number of carbonyl (C=O) groups excluding carboxylic acids is 1. The van der Waals surface area contributed by atoms with Crippen molar-refractivity contribution < 1.29 is 24.2 Å². The van der Waals surface area contributed by atoms with Gasteiger partial charge in [0, 0.05) is 38.8 Å². The molecule has 2 heterocycles. The average Bonchev–Trinajstić information content (AvgIpc) is 2.78. The second-order valence-electron chi connectivity index (χ2n) is 4.74. The van der Waals surface area contributed by atoms with Gasteiger partial charge >= 0.3 is 5.97 Å². The Morgan fingerprint density at radius 1 is 1.11 bits per heavy atom. The first kappa shape index (κ1) is 13.3. The van der Waals surface area contributed by atoms with Crippen LogP contribution in [0.15, 0.2) is 0 Å². The Morgan fingerprint density at radius 3 is 2.28 bits per heavy atom. The SMILES string of the molecule is O=C(O)CCCC(=O)N1CCC2(CC1)OCCO2.